The zero-order valence-electron chi connectivity index (χ0n) is 29.9. The van der Waals surface area contributed by atoms with Crippen LogP contribution in [0, 0.1) is 0 Å². The third-order valence-electron chi connectivity index (χ3n) is 10.3. The molecule has 0 fully saturated rings. The monoisotopic (exact) mass is 722 g/mol. The van der Waals surface area contributed by atoms with Gasteiger partial charge in [0, 0.05) is 49.9 Å². The zero-order valence-corrected chi connectivity index (χ0v) is 29.9. The van der Waals surface area contributed by atoms with Gasteiger partial charge in [-0.2, -0.15) is 26.3 Å². The number of hydrogen-bond acceptors (Lipinski definition) is 4. The molecule has 4 aliphatic rings. The molecule has 6 nitrogen and oxygen atoms in total. The molecule has 0 spiro atoms. The summed E-state index contributed by atoms with van der Waals surface area (Å²) >= 11 is 0. The van der Waals surface area contributed by atoms with E-state index in [1.165, 1.54) is 0 Å². The van der Waals surface area contributed by atoms with Crippen LogP contribution in [0.3, 0.4) is 0 Å². The Balaban J connectivity index is 2.10. The molecule has 0 unspecified atom stereocenters. The molecule has 12 heteroatoms. The minimum Gasteiger partial charge on any atom is -0.261 e. The van der Waals surface area contributed by atoms with Crippen LogP contribution in [0.4, 0.5) is 37.7 Å². The van der Waals surface area contributed by atoms with E-state index in [4.69, 9.17) is 9.68 Å². The van der Waals surface area contributed by atoms with Gasteiger partial charge in [-0.3, -0.25) is 9.68 Å². The first-order valence-corrected chi connectivity index (χ1v) is 19.3. The fourth-order valence-electron chi connectivity index (χ4n) is 7.45. The Morgan fingerprint density at radius 2 is 0.560 bits per heavy atom. The number of fused-ring (bicyclic) bond motifs is 26. The summed E-state index contributed by atoms with van der Waals surface area (Å²) in [5.74, 6) is -4.54. The Morgan fingerprint density at radius 1 is 0.380 bits per heavy atom. The van der Waals surface area contributed by atoms with Gasteiger partial charge in [0.15, 0.2) is 11.4 Å². The van der Waals surface area contributed by atoms with E-state index in [0.717, 1.165) is 128 Å². The van der Waals surface area contributed by atoms with Crippen molar-refractivity contribution in [1.82, 2.24) is 9.29 Å². The largest absolute Gasteiger partial charge is 0.497 e. The number of carbonyl (C=O) groups is 2. The molecule has 0 atom stereocenters. The number of hydrogen-bond donors (Lipinski definition) is 0. The van der Waals surface area contributed by atoms with Crippen LogP contribution in [-0.4, -0.2) is 50.5 Å². The molecular formula is C38H60F6N2O4+2. The molecule has 0 amide bonds. The highest BCUT2D eigenvalue weighted by molar-refractivity contribution is 5.77. The van der Waals surface area contributed by atoms with Gasteiger partial charge in [0.05, 0.1) is 0 Å². The van der Waals surface area contributed by atoms with Crippen LogP contribution in [-0.2, 0) is 19.3 Å². The Morgan fingerprint density at radius 3 is 0.740 bits per heavy atom. The Hall–Kier alpha value is -2.34. The number of rotatable bonds is 2. The minimum absolute atomic E-state index is 0.143. The molecule has 1 aromatic rings. The predicted octanol–water partition coefficient (Wildman–Crippen LogP) is 11.7. The van der Waals surface area contributed by atoms with Gasteiger partial charge < -0.3 is 0 Å². The molecule has 1 aromatic carbocycles. The first-order chi connectivity index (χ1) is 23.9. The normalized spacial score (nSPS) is 25.9. The smallest absolute Gasteiger partial charge is 0.261 e. The molecular weight excluding hydrogens is 662 g/mol. The number of quaternary nitrogens is 2. The molecule has 4 bridgehead atoms. The maximum absolute atomic E-state index is 13.7. The van der Waals surface area contributed by atoms with Crippen molar-refractivity contribution in [2.24, 2.45) is 0 Å². The van der Waals surface area contributed by atoms with Gasteiger partial charge in [0.25, 0.3) is 0 Å². The Bertz CT molecular complexity index is 1010. The quantitative estimate of drug-likeness (QED) is 0.225. The van der Waals surface area contributed by atoms with Crippen molar-refractivity contribution in [2.75, 3.05) is 26.2 Å². The fraction of sp³-hybridized carbons (Fsp3) is 0.789. The van der Waals surface area contributed by atoms with Crippen molar-refractivity contribution in [1.29, 1.82) is 0 Å². The number of benzene rings is 1. The summed E-state index contributed by atoms with van der Waals surface area (Å²) in [6.45, 7) is 0.572. The molecule has 0 aromatic heterocycles. The Kier molecular flexibility index (Phi) is 17.9. The average Bonchev–Trinajstić information content (AvgIpc) is 3.06. The SMILES string of the molecule is O=C(O[N+]12CCCCCCCCCCCCCC[N+](OC(=O)C(F)(F)F)(CCCCCCCCCCCCCC1)c1ccc2cc1)C(F)(F)F. The maximum atomic E-state index is 13.7. The van der Waals surface area contributed by atoms with E-state index in [0.29, 0.717) is 37.1 Å². The molecule has 4 aliphatic heterocycles. The molecule has 286 valence electrons. The van der Waals surface area contributed by atoms with E-state index < -0.39 is 33.6 Å². The molecule has 0 saturated heterocycles. The van der Waals surface area contributed by atoms with Crippen LogP contribution < -0.4 is 9.29 Å². The first kappa shape index (κ1) is 42.1. The number of carbonyl (C=O) groups excluding carboxylic acids is 2. The highest BCUT2D eigenvalue weighted by Gasteiger charge is 2.50. The third kappa shape index (κ3) is 14.4. The second kappa shape index (κ2) is 21.2. The van der Waals surface area contributed by atoms with E-state index in [9.17, 15) is 35.9 Å². The molecule has 0 saturated carbocycles. The van der Waals surface area contributed by atoms with Crippen LogP contribution >= 0.6 is 0 Å². The lowest BCUT2D eigenvalue weighted by Gasteiger charge is -2.36. The molecule has 0 N–H and O–H groups in total. The number of alkyl halides is 6. The van der Waals surface area contributed by atoms with E-state index in [2.05, 4.69) is 0 Å². The topological polar surface area (TPSA) is 52.6 Å². The van der Waals surface area contributed by atoms with E-state index in [-0.39, 0.29) is 26.2 Å². The van der Waals surface area contributed by atoms with Crippen molar-refractivity contribution in [3.63, 3.8) is 0 Å². The van der Waals surface area contributed by atoms with Crippen LogP contribution in [0.1, 0.15) is 154 Å². The van der Waals surface area contributed by atoms with Crippen molar-refractivity contribution >= 4 is 23.3 Å². The van der Waals surface area contributed by atoms with Crippen molar-refractivity contribution in [2.45, 2.75) is 166 Å². The second-order valence-corrected chi connectivity index (χ2v) is 14.4. The Labute approximate surface area is 294 Å². The number of halogens is 6. The van der Waals surface area contributed by atoms with Gasteiger partial charge in [-0.15, -0.1) is 9.29 Å². The summed E-state index contributed by atoms with van der Waals surface area (Å²) in [5, 5.41) is 0. The molecule has 4 heterocycles. The molecule has 0 aliphatic carbocycles. The number of hydroxylamine groups is 4. The van der Waals surface area contributed by atoms with Crippen LogP contribution in [0.25, 0.3) is 0 Å². The summed E-state index contributed by atoms with van der Waals surface area (Å²) in [4.78, 5) is 35.8. The lowest BCUT2D eigenvalue weighted by atomic mass is 10.0. The molecule has 50 heavy (non-hydrogen) atoms. The maximum Gasteiger partial charge on any atom is 0.497 e. The summed E-state index contributed by atoms with van der Waals surface area (Å²) in [7, 11) is 0. The average molecular weight is 723 g/mol. The van der Waals surface area contributed by atoms with Gasteiger partial charge in [0.1, 0.15) is 26.2 Å². The predicted molar refractivity (Wildman–Crippen MR) is 185 cm³/mol. The minimum atomic E-state index is -5.20. The van der Waals surface area contributed by atoms with E-state index in [1.807, 2.05) is 0 Å². The first-order valence-electron chi connectivity index (χ1n) is 19.3. The van der Waals surface area contributed by atoms with Crippen LogP contribution in [0.15, 0.2) is 24.3 Å². The summed E-state index contributed by atoms with van der Waals surface area (Å²) in [6, 6.07) is 6.18. The fourth-order valence-corrected chi connectivity index (χ4v) is 7.45. The highest BCUT2D eigenvalue weighted by Crippen LogP contribution is 2.36. The van der Waals surface area contributed by atoms with Gasteiger partial charge in [0.2, 0.25) is 0 Å². The van der Waals surface area contributed by atoms with Gasteiger partial charge in [-0.25, -0.2) is 9.59 Å². The molecule has 5 rings (SSSR count). The number of nitrogens with zero attached hydrogens (tertiary/aromatic N) is 2. The summed E-state index contributed by atoms with van der Waals surface area (Å²) < 4.78 is 81.1. The van der Waals surface area contributed by atoms with Gasteiger partial charge in [-0.1, -0.05) is 103 Å². The van der Waals surface area contributed by atoms with E-state index >= 15 is 0 Å². The standard InChI is InChI=1S/C38H60F6N2O4/c39-37(40,41)35(47)49-45-29-21-17-13-9-5-1-2-6-10-14-18-22-30-46(50-36(48)38(42,43)44,34-27-25-33(45)26-28-34)32-24-20-16-12-8-4-3-7-11-15-19-23-31-45/h25-28H,1-24,29-32H2/q+2. The summed E-state index contributed by atoms with van der Waals surface area (Å²) in [6.07, 6.45) is 11.4. The van der Waals surface area contributed by atoms with Gasteiger partial charge in [-0.05, 0) is 25.7 Å². The van der Waals surface area contributed by atoms with Crippen LogP contribution in [0.5, 0.6) is 0 Å². The van der Waals surface area contributed by atoms with Crippen molar-refractivity contribution in [3.05, 3.63) is 24.3 Å². The van der Waals surface area contributed by atoms with E-state index in [1.54, 1.807) is 24.3 Å². The van der Waals surface area contributed by atoms with Crippen LogP contribution in [0.2, 0.25) is 0 Å². The van der Waals surface area contributed by atoms with Crippen molar-refractivity contribution < 1.29 is 45.6 Å². The van der Waals surface area contributed by atoms with Gasteiger partial charge >= 0.3 is 24.3 Å². The lowest BCUT2D eigenvalue weighted by Crippen LogP contribution is -2.55. The zero-order chi connectivity index (χ0) is 36.4. The molecule has 0 radical (unpaired) electrons. The second-order valence-electron chi connectivity index (χ2n) is 14.4. The third-order valence-corrected chi connectivity index (χ3v) is 10.3. The highest BCUT2D eigenvalue weighted by atomic mass is 19.4. The summed E-state index contributed by atoms with van der Waals surface area (Å²) in [5.41, 5.74) is 0.630. The lowest BCUT2D eigenvalue weighted by molar-refractivity contribution is -0.236. The van der Waals surface area contributed by atoms with Crippen molar-refractivity contribution in [3.8, 4) is 0 Å².